The summed E-state index contributed by atoms with van der Waals surface area (Å²) in [4.78, 5) is 6.04. The van der Waals surface area contributed by atoms with E-state index in [0.717, 1.165) is 29.0 Å². The second kappa shape index (κ2) is 7.00. The third kappa shape index (κ3) is 4.14. The van der Waals surface area contributed by atoms with E-state index < -0.39 is 0 Å². The zero-order chi connectivity index (χ0) is 13.7. The summed E-state index contributed by atoms with van der Waals surface area (Å²) in [7, 11) is 0. The molecular formula is C14H21ClN2S2. The minimum atomic E-state index is 0.428. The molecule has 5 heteroatoms. The fourth-order valence-electron chi connectivity index (χ4n) is 2.12. The Hall–Kier alpha value is -0.190. The Labute approximate surface area is 129 Å². The molecule has 106 valence electrons. The normalized spacial score (nSPS) is 18.2. The van der Waals surface area contributed by atoms with Crippen LogP contribution < -0.4 is 5.32 Å². The smallest absolute Gasteiger partial charge is 0.156 e. The number of rotatable bonds is 5. The number of aliphatic imine (C=N–C) groups is 1. The van der Waals surface area contributed by atoms with E-state index in [1.54, 1.807) is 11.3 Å². The Morgan fingerprint density at radius 2 is 2.16 bits per heavy atom. The molecule has 2 rings (SSSR count). The first-order chi connectivity index (χ1) is 9.17. The molecule has 0 amide bonds. The van der Waals surface area contributed by atoms with Crippen LogP contribution in [0.4, 0.5) is 0 Å². The fourth-order valence-corrected chi connectivity index (χ4v) is 4.51. The van der Waals surface area contributed by atoms with Crippen molar-refractivity contribution in [2.75, 3.05) is 18.8 Å². The van der Waals surface area contributed by atoms with E-state index in [1.807, 2.05) is 17.8 Å². The van der Waals surface area contributed by atoms with Crippen LogP contribution in [0.1, 0.15) is 31.6 Å². The van der Waals surface area contributed by atoms with Gasteiger partial charge in [0.05, 0.1) is 4.34 Å². The Morgan fingerprint density at radius 1 is 1.37 bits per heavy atom. The van der Waals surface area contributed by atoms with Crippen molar-refractivity contribution in [2.45, 2.75) is 33.1 Å². The van der Waals surface area contributed by atoms with Crippen LogP contribution in [0.15, 0.2) is 17.1 Å². The van der Waals surface area contributed by atoms with Crippen LogP contribution in [0.3, 0.4) is 0 Å². The summed E-state index contributed by atoms with van der Waals surface area (Å²) in [5, 5.41) is 4.55. The molecule has 1 aromatic rings. The Bertz CT molecular complexity index is 438. The zero-order valence-electron chi connectivity index (χ0n) is 11.5. The lowest BCUT2D eigenvalue weighted by Gasteiger charge is -2.33. The maximum Gasteiger partial charge on any atom is 0.156 e. The summed E-state index contributed by atoms with van der Waals surface area (Å²) in [5.41, 5.74) is 0.428. The molecule has 0 aliphatic carbocycles. The summed E-state index contributed by atoms with van der Waals surface area (Å²) >= 11 is 9.46. The second-order valence-electron chi connectivity index (χ2n) is 5.00. The van der Waals surface area contributed by atoms with Gasteiger partial charge in [-0.3, -0.25) is 4.99 Å². The van der Waals surface area contributed by atoms with Crippen molar-refractivity contribution in [1.29, 1.82) is 0 Å². The lowest BCUT2D eigenvalue weighted by atomic mass is 9.84. The van der Waals surface area contributed by atoms with Gasteiger partial charge in [0.15, 0.2) is 5.17 Å². The predicted octanol–water partition coefficient (Wildman–Crippen LogP) is 4.44. The quantitative estimate of drug-likeness (QED) is 0.868. The van der Waals surface area contributed by atoms with Crippen LogP contribution in [-0.4, -0.2) is 24.0 Å². The van der Waals surface area contributed by atoms with Gasteiger partial charge in [0, 0.05) is 23.7 Å². The van der Waals surface area contributed by atoms with E-state index in [4.69, 9.17) is 16.6 Å². The molecule has 2 nitrogen and oxygen atoms in total. The largest absolute Gasteiger partial charge is 0.365 e. The maximum absolute atomic E-state index is 5.92. The molecule has 2 heterocycles. The molecular weight excluding hydrogens is 296 g/mol. The van der Waals surface area contributed by atoms with Crippen molar-refractivity contribution in [3.05, 3.63) is 21.3 Å². The van der Waals surface area contributed by atoms with Crippen molar-refractivity contribution in [3.8, 4) is 0 Å². The average molecular weight is 317 g/mol. The van der Waals surface area contributed by atoms with Crippen molar-refractivity contribution in [2.24, 2.45) is 10.4 Å². The first-order valence-electron chi connectivity index (χ1n) is 6.83. The molecule has 0 fully saturated rings. The SMILES string of the molecule is CCC1(CC)CN=C(NCCc2ccc(Cl)s2)SC1. The monoisotopic (exact) mass is 316 g/mol. The number of hydrogen-bond donors (Lipinski definition) is 1. The van der Waals surface area contributed by atoms with Gasteiger partial charge in [0.1, 0.15) is 0 Å². The number of halogens is 1. The number of hydrogen-bond acceptors (Lipinski definition) is 4. The summed E-state index contributed by atoms with van der Waals surface area (Å²) in [6.07, 6.45) is 3.46. The van der Waals surface area contributed by atoms with E-state index in [-0.39, 0.29) is 0 Å². The number of thioether (sulfide) groups is 1. The third-order valence-electron chi connectivity index (χ3n) is 3.85. The average Bonchev–Trinajstić information content (AvgIpc) is 2.86. The molecule has 1 N–H and O–H groups in total. The topological polar surface area (TPSA) is 24.4 Å². The second-order valence-corrected chi connectivity index (χ2v) is 7.76. The molecule has 0 aromatic carbocycles. The van der Waals surface area contributed by atoms with Gasteiger partial charge < -0.3 is 5.32 Å². The Kier molecular flexibility index (Phi) is 5.60. The maximum atomic E-state index is 5.92. The highest BCUT2D eigenvalue weighted by atomic mass is 35.5. The lowest BCUT2D eigenvalue weighted by Crippen LogP contribution is -2.35. The van der Waals surface area contributed by atoms with Gasteiger partial charge >= 0.3 is 0 Å². The summed E-state index contributed by atoms with van der Waals surface area (Å²) < 4.78 is 0.870. The predicted molar refractivity (Wildman–Crippen MR) is 88.8 cm³/mol. The number of nitrogens with one attached hydrogen (secondary N) is 1. The highest BCUT2D eigenvalue weighted by Crippen LogP contribution is 2.34. The number of amidine groups is 1. The Morgan fingerprint density at radius 3 is 2.68 bits per heavy atom. The summed E-state index contributed by atoms with van der Waals surface area (Å²) in [5.74, 6) is 1.19. The fraction of sp³-hybridized carbons (Fsp3) is 0.643. The van der Waals surface area contributed by atoms with Gasteiger partial charge in [-0.25, -0.2) is 0 Å². The van der Waals surface area contributed by atoms with Crippen molar-refractivity contribution < 1.29 is 0 Å². The van der Waals surface area contributed by atoms with Gasteiger partial charge in [-0.1, -0.05) is 37.2 Å². The van der Waals surface area contributed by atoms with Gasteiger partial charge in [0.2, 0.25) is 0 Å². The molecule has 19 heavy (non-hydrogen) atoms. The molecule has 0 radical (unpaired) electrons. The molecule has 0 saturated heterocycles. The van der Waals surface area contributed by atoms with Gasteiger partial charge in [-0.15, -0.1) is 11.3 Å². The zero-order valence-corrected chi connectivity index (χ0v) is 13.9. The van der Waals surface area contributed by atoms with Crippen LogP contribution in [0.2, 0.25) is 4.34 Å². The minimum Gasteiger partial charge on any atom is -0.365 e. The van der Waals surface area contributed by atoms with Crippen molar-refractivity contribution in [1.82, 2.24) is 5.32 Å². The minimum absolute atomic E-state index is 0.428. The number of nitrogens with zero attached hydrogens (tertiary/aromatic N) is 1. The van der Waals surface area contributed by atoms with Crippen LogP contribution >= 0.6 is 34.7 Å². The number of thiophene rings is 1. The van der Waals surface area contributed by atoms with Crippen LogP contribution in [0, 0.1) is 5.41 Å². The Balaban J connectivity index is 1.77. The molecule has 0 unspecified atom stereocenters. The van der Waals surface area contributed by atoms with Crippen LogP contribution in [0.5, 0.6) is 0 Å². The van der Waals surface area contributed by atoms with Crippen molar-refractivity contribution in [3.63, 3.8) is 0 Å². The molecule has 0 atom stereocenters. The first-order valence-corrected chi connectivity index (χ1v) is 9.01. The molecule has 0 bridgehead atoms. The van der Waals surface area contributed by atoms with E-state index in [9.17, 15) is 0 Å². The first kappa shape index (κ1) is 15.2. The van der Waals surface area contributed by atoms with Gasteiger partial charge in [0.25, 0.3) is 0 Å². The molecule has 1 aliphatic rings. The molecule has 0 spiro atoms. The molecule has 1 aliphatic heterocycles. The standard InChI is InChI=1S/C14H21ClN2S2/c1-3-14(4-2)9-17-13(18-10-14)16-8-7-11-5-6-12(15)19-11/h5-6H,3-4,7-10H2,1-2H3,(H,16,17). The van der Waals surface area contributed by atoms with Crippen LogP contribution in [-0.2, 0) is 6.42 Å². The lowest BCUT2D eigenvalue weighted by molar-refractivity contribution is 0.318. The van der Waals surface area contributed by atoms with E-state index in [2.05, 4.69) is 25.2 Å². The van der Waals surface area contributed by atoms with E-state index in [1.165, 1.54) is 23.5 Å². The highest BCUT2D eigenvalue weighted by molar-refractivity contribution is 8.13. The highest BCUT2D eigenvalue weighted by Gasteiger charge is 2.29. The van der Waals surface area contributed by atoms with E-state index in [0.29, 0.717) is 5.41 Å². The van der Waals surface area contributed by atoms with Crippen LogP contribution in [0.25, 0.3) is 0 Å². The summed E-state index contributed by atoms with van der Waals surface area (Å²) in [6.45, 7) is 6.46. The molecule has 0 saturated carbocycles. The third-order valence-corrected chi connectivity index (χ3v) is 6.44. The molecule has 1 aromatic heterocycles. The van der Waals surface area contributed by atoms with Gasteiger partial charge in [-0.2, -0.15) is 0 Å². The van der Waals surface area contributed by atoms with E-state index >= 15 is 0 Å². The van der Waals surface area contributed by atoms with Gasteiger partial charge in [-0.05, 0) is 36.8 Å². The summed E-state index contributed by atoms with van der Waals surface area (Å²) in [6, 6.07) is 4.06. The van der Waals surface area contributed by atoms with Crippen molar-refractivity contribution >= 4 is 39.9 Å².